The highest BCUT2D eigenvalue weighted by Gasteiger charge is 2.29. The number of nitrogens with zero attached hydrogens (tertiary/aromatic N) is 1. The molecule has 1 N–H and O–H groups in total. The molecule has 1 saturated heterocycles. The zero-order valence-electron chi connectivity index (χ0n) is 12.4. The molecule has 1 aliphatic heterocycles. The largest absolute Gasteiger partial charge is 0.373 e. The Balaban J connectivity index is 2.02. The molecule has 0 saturated carbocycles. The molecule has 2 rings (SSSR count). The van der Waals surface area contributed by atoms with Crippen LogP contribution in [0.4, 0.5) is 5.69 Å². The van der Waals surface area contributed by atoms with Crippen LogP contribution in [0.3, 0.4) is 0 Å². The molecule has 0 spiro atoms. The fraction of sp³-hybridized carbons (Fsp3) is 0.533. The van der Waals surface area contributed by atoms with E-state index in [1.807, 2.05) is 20.8 Å². The average molecular weight is 331 g/mol. The van der Waals surface area contributed by atoms with Gasteiger partial charge in [0.2, 0.25) is 5.91 Å². The van der Waals surface area contributed by atoms with Crippen LogP contribution in [0.1, 0.15) is 20.8 Å². The number of benzene rings is 1. The molecule has 3 atom stereocenters. The lowest BCUT2D eigenvalue weighted by Gasteiger charge is -2.38. The summed E-state index contributed by atoms with van der Waals surface area (Å²) in [4.78, 5) is 14.5. The summed E-state index contributed by atoms with van der Waals surface area (Å²) in [5, 5.41) is 3.86. The van der Waals surface area contributed by atoms with Crippen LogP contribution in [0.2, 0.25) is 10.0 Å². The molecule has 116 valence electrons. The Hall–Kier alpha value is -0.810. The first kappa shape index (κ1) is 16.6. The number of morpholine rings is 1. The number of hydrogen-bond acceptors (Lipinski definition) is 3. The van der Waals surface area contributed by atoms with Crippen LogP contribution in [0.15, 0.2) is 18.2 Å². The molecule has 1 aliphatic rings. The summed E-state index contributed by atoms with van der Waals surface area (Å²) in [6.45, 7) is 7.42. The Kier molecular flexibility index (Phi) is 5.49. The summed E-state index contributed by atoms with van der Waals surface area (Å²) in [6, 6.07) is 4.76. The first-order valence-corrected chi connectivity index (χ1v) is 7.77. The molecule has 0 radical (unpaired) electrons. The van der Waals surface area contributed by atoms with Crippen molar-refractivity contribution in [1.29, 1.82) is 0 Å². The molecule has 1 heterocycles. The van der Waals surface area contributed by atoms with E-state index in [1.54, 1.807) is 18.2 Å². The van der Waals surface area contributed by atoms with Crippen molar-refractivity contribution < 1.29 is 9.53 Å². The van der Waals surface area contributed by atoms with Gasteiger partial charge >= 0.3 is 0 Å². The highest BCUT2D eigenvalue weighted by Crippen LogP contribution is 2.23. The lowest BCUT2D eigenvalue weighted by Crippen LogP contribution is -2.52. The molecule has 21 heavy (non-hydrogen) atoms. The third-order valence-corrected chi connectivity index (χ3v) is 3.94. The predicted molar refractivity (Wildman–Crippen MR) is 86.1 cm³/mol. The second-order valence-corrected chi connectivity index (χ2v) is 6.41. The fourth-order valence-corrected chi connectivity index (χ4v) is 3.10. The maximum atomic E-state index is 12.4. The van der Waals surface area contributed by atoms with E-state index < -0.39 is 0 Å². The van der Waals surface area contributed by atoms with Gasteiger partial charge in [-0.15, -0.1) is 0 Å². The van der Waals surface area contributed by atoms with Gasteiger partial charge in [0, 0.05) is 28.8 Å². The quantitative estimate of drug-likeness (QED) is 0.923. The molecule has 1 fully saturated rings. The molecule has 1 aromatic carbocycles. The number of carbonyl (C=O) groups excluding carboxylic acids is 1. The first-order valence-electron chi connectivity index (χ1n) is 7.01. The zero-order chi connectivity index (χ0) is 15.6. The van der Waals surface area contributed by atoms with Crippen molar-refractivity contribution in [2.45, 2.75) is 39.0 Å². The van der Waals surface area contributed by atoms with Crippen molar-refractivity contribution in [3.8, 4) is 0 Å². The van der Waals surface area contributed by atoms with Gasteiger partial charge in [0.05, 0.1) is 18.2 Å². The Morgan fingerprint density at radius 1 is 1.24 bits per heavy atom. The maximum absolute atomic E-state index is 12.4. The smallest absolute Gasteiger partial charge is 0.241 e. The molecule has 0 aliphatic carbocycles. The number of rotatable bonds is 3. The van der Waals surface area contributed by atoms with Gasteiger partial charge in [-0.2, -0.15) is 0 Å². The molecule has 6 heteroatoms. The molecule has 0 aromatic heterocycles. The third kappa shape index (κ3) is 4.58. The molecular formula is C15H20Cl2N2O2. The van der Waals surface area contributed by atoms with Gasteiger partial charge in [-0.1, -0.05) is 23.2 Å². The van der Waals surface area contributed by atoms with E-state index in [1.165, 1.54) is 0 Å². The minimum absolute atomic E-state index is 0.0744. The molecule has 3 unspecified atom stereocenters. The molecule has 1 amide bonds. The lowest BCUT2D eigenvalue weighted by atomic mass is 10.1. The van der Waals surface area contributed by atoms with Crippen molar-refractivity contribution in [3.05, 3.63) is 28.2 Å². The predicted octanol–water partition coefficient (Wildman–Crippen LogP) is 3.43. The van der Waals surface area contributed by atoms with Crippen molar-refractivity contribution >= 4 is 34.8 Å². The van der Waals surface area contributed by atoms with Gasteiger partial charge in [-0.3, -0.25) is 9.69 Å². The van der Waals surface area contributed by atoms with E-state index in [2.05, 4.69) is 10.2 Å². The van der Waals surface area contributed by atoms with Gasteiger partial charge < -0.3 is 10.1 Å². The number of ether oxygens (including phenoxy) is 1. The number of halogens is 2. The Labute approximate surface area is 135 Å². The lowest BCUT2D eigenvalue weighted by molar-refractivity contribution is -0.126. The summed E-state index contributed by atoms with van der Waals surface area (Å²) in [6.07, 6.45) is 0.259. The van der Waals surface area contributed by atoms with Crippen molar-refractivity contribution in [2.75, 3.05) is 18.4 Å². The van der Waals surface area contributed by atoms with E-state index in [4.69, 9.17) is 27.9 Å². The van der Waals surface area contributed by atoms with Gasteiger partial charge in [0.15, 0.2) is 0 Å². The second-order valence-electron chi connectivity index (χ2n) is 5.53. The van der Waals surface area contributed by atoms with E-state index in [0.717, 1.165) is 13.1 Å². The minimum Gasteiger partial charge on any atom is -0.373 e. The van der Waals surface area contributed by atoms with Crippen LogP contribution in [-0.4, -0.2) is 42.1 Å². The number of amides is 1. The summed E-state index contributed by atoms with van der Waals surface area (Å²) >= 11 is 11.9. The molecule has 4 nitrogen and oxygen atoms in total. The average Bonchev–Trinajstić information content (AvgIpc) is 2.35. The van der Waals surface area contributed by atoms with E-state index >= 15 is 0 Å². The van der Waals surface area contributed by atoms with Crippen molar-refractivity contribution in [2.24, 2.45) is 0 Å². The second kappa shape index (κ2) is 6.97. The monoisotopic (exact) mass is 330 g/mol. The summed E-state index contributed by atoms with van der Waals surface area (Å²) in [5.41, 5.74) is 0.610. The van der Waals surface area contributed by atoms with Gasteiger partial charge in [-0.25, -0.2) is 0 Å². The molecule has 1 aromatic rings. The van der Waals surface area contributed by atoms with E-state index in [9.17, 15) is 4.79 Å². The van der Waals surface area contributed by atoms with E-state index in [0.29, 0.717) is 15.7 Å². The normalized spacial score (nSPS) is 24.6. The van der Waals surface area contributed by atoms with Crippen LogP contribution in [0.25, 0.3) is 0 Å². The number of hydrogen-bond donors (Lipinski definition) is 1. The highest BCUT2D eigenvalue weighted by molar-refractivity contribution is 6.35. The Morgan fingerprint density at radius 2 is 1.76 bits per heavy atom. The van der Waals surface area contributed by atoms with Crippen LogP contribution in [0, 0.1) is 0 Å². The number of carbonyl (C=O) groups is 1. The fourth-order valence-electron chi connectivity index (χ4n) is 2.57. The zero-order valence-corrected chi connectivity index (χ0v) is 13.9. The van der Waals surface area contributed by atoms with Gasteiger partial charge in [0.1, 0.15) is 0 Å². The maximum Gasteiger partial charge on any atom is 0.241 e. The van der Waals surface area contributed by atoms with Gasteiger partial charge in [-0.05, 0) is 39.0 Å². The topological polar surface area (TPSA) is 41.6 Å². The van der Waals surface area contributed by atoms with Crippen LogP contribution in [-0.2, 0) is 9.53 Å². The summed E-state index contributed by atoms with van der Waals surface area (Å²) < 4.78 is 5.69. The van der Waals surface area contributed by atoms with Crippen LogP contribution in [0.5, 0.6) is 0 Å². The molecule has 0 bridgehead atoms. The third-order valence-electron chi connectivity index (χ3n) is 3.51. The first-order chi connectivity index (χ1) is 9.85. The van der Waals surface area contributed by atoms with Crippen LogP contribution >= 0.6 is 23.2 Å². The Morgan fingerprint density at radius 3 is 2.29 bits per heavy atom. The molecular weight excluding hydrogens is 311 g/mol. The number of anilines is 1. The summed E-state index contributed by atoms with van der Waals surface area (Å²) in [5.74, 6) is -0.0744. The van der Waals surface area contributed by atoms with Gasteiger partial charge in [0.25, 0.3) is 0 Å². The van der Waals surface area contributed by atoms with Crippen molar-refractivity contribution in [3.63, 3.8) is 0 Å². The SMILES string of the molecule is CC1CN(C(C)C(=O)Nc2cc(Cl)cc(Cl)c2)CC(C)O1. The summed E-state index contributed by atoms with van der Waals surface area (Å²) in [7, 11) is 0. The highest BCUT2D eigenvalue weighted by atomic mass is 35.5. The Bertz CT molecular complexity index is 494. The van der Waals surface area contributed by atoms with Crippen molar-refractivity contribution in [1.82, 2.24) is 4.90 Å². The number of nitrogens with one attached hydrogen (secondary N) is 1. The minimum atomic E-state index is -0.239. The van der Waals surface area contributed by atoms with Crippen LogP contribution < -0.4 is 5.32 Å². The standard InChI is InChI=1S/C15H20Cl2N2O2/c1-9-7-19(8-10(2)21-9)11(3)15(20)18-14-5-12(16)4-13(17)6-14/h4-6,9-11H,7-8H2,1-3H3,(H,18,20). The van der Waals surface area contributed by atoms with E-state index in [-0.39, 0.29) is 24.2 Å².